The number of benzene rings is 1. The molecule has 2 aliphatic heterocycles. The average Bonchev–Trinajstić information content (AvgIpc) is 2.92. The molecule has 1 unspecified atom stereocenters. The Morgan fingerprint density at radius 3 is 2.84 bits per heavy atom. The van der Waals surface area contributed by atoms with Gasteiger partial charge in [0.2, 0.25) is 5.91 Å². The molecular formula is C15H20N2OS. The molecule has 2 aliphatic rings. The summed E-state index contributed by atoms with van der Waals surface area (Å²) in [6.07, 6.45) is 2.32. The molecule has 1 atom stereocenters. The van der Waals surface area contributed by atoms with Gasteiger partial charge in [0.15, 0.2) is 0 Å². The molecule has 19 heavy (non-hydrogen) atoms. The molecular weight excluding hydrogens is 256 g/mol. The van der Waals surface area contributed by atoms with Crippen LogP contribution in [0, 0.1) is 0 Å². The molecule has 0 N–H and O–H groups in total. The van der Waals surface area contributed by atoms with Crippen molar-refractivity contribution in [3.05, 3.63) is 24.3 Å². The second kappa shape index (κ2) is 5.45. The van der Waals surface area contributed by atoms with Crippen LogP contribution >= 0.6 is 11.8 Å². The van der Waals surface area contributed by atoms with Crippen LogP contribution in [-0.4, -0.2) is 42.2 Å². The zero-order valence-electron chi connectivity index (χ0n) is 11.3. The molecule has 2 heterocycles. The van der Waals surface area contributed by atoms with E-state index in [-0.39, 0.29) is 5.91 Å². The molecule has 3 nitrogen and oxygen atoms in total. The molecule has 1 aromatic carbocycles. The number of hydrogen-bond donors (Lipinski definition) is 0. The fourth-order valence-electron chi connectivity index (χ4n) is 2.86. The Morgan fingerprint density at radius 2 is 2.05 bits per heavy atom. The number of carbonyl (C=O) groups is 1. The number of rotatable bonds is 2. The van der Waals surface area contributed by atoms with Gasteiger partial charge in [-0.15, -0.1) is 11.8 Å². The highest BCUT2D eigenvalue weighted by molar-refractivity contribution is 8.00. The Labute approximate surface area is 119 Å². The van der Waals surface area contributed by atoms with E-state index in [1.54, 1.807) is 0 Å². The average molecular weight is 276 g/mol. The number of fused-ring (bicyclic) bond motifs is 1. The molecule has 0 bridgehead atoms. The lowest BCUT2D eigenvalue weighted by Gasteiger charge is -2.34. The third-order valence-electron chi connectivity index (χ3n) is 3.80. The molecule has 0 spiro atoms. The lowest BCUT2D eigenvalue weighted by molar-refractivity contribution is -0.128. The van der Waals surface area contributed by atoms with Crippen molar-refractivity contribution in [2.24, 2.45) is 0 Å². The van der Waals surface area contributed by atoms with Gasteiger partial charge >= 0.3 is 0 Å². The van der Waals surface area contributed by atoms with Gasteiger partial charge in [0.05, 0.1) is 12.2 Å². The van der Waals surface area contributed by atoms with Gasteiger partial charge in [0, 0.05) is 29.8 Å². The summed E-state index contributed by atoms with van der Waals surface area (Å²) in [6.45, 7) is 5.61. The molecule has 1 amide bonds. The van der Waals surface area contributed by atoms with E-state index < -0.39 is 0 Å². The first kappa shape index (κ1) is 12.9. The highest BCUT2D eigenvalue weighted by atomic mass is 32.2. The molecule has 4 heteroatoms. The second-order valence-corrected chi connectivity index (χ2v) is 6.84. The Kier molecular flexibility index (Phi) is 3.69. The van der Waals surface area contributed by atoms with Crippen LogP contribution < -0.4 is 4.90 Å². The highest BCUT2D eigenvalue weighted by Gasteiger charge is 2.26. The summed E-state index contributed by atoms with van der Waals surface area (Å²) in [5.41, 5.74) is 1.22. The Balaban J connectivity index is 1.75. The molecule has 0 saturated carbocycles. The van der Waals surface area contributed by atoms with E-state index in [9.17, 15) is 4.79 Å². The van der Waals surface area contributed by atoms with Crippen LogP contribution in [0.2, 0.25) is 0 Å². The quantitative estimate of drug-likeness (QED) is 0.829. The monoisotopic (exact) mass is 276 g/mol. The van der Waals surface area contributed by atoms with Crippen molar-refractivity contribution in [1.82, 2.24) is 4.90 Å². The number of thioether (sulfide) groups is 1. The maximum atomic E-state index is 12.3. The topological polar surface area (TPSA) is 23.6 Å². The van der Waals surface area contributed by atoms with Crippen molar-refractivity contribution in [3.63, 3.8) is 0 Å². The highest BCUT2D eigenvalue weighted by Crippen LogP contribution is 2.37. The molecule has 1 fully saturated rings. The van der Waals surface area contributed by atoms with E-state index in [4.69, 9.17) is 0 Å². The predicted molar refractivity (Wildman–Crippen MR) is 79.8 cm³/mol. The van der Waals surface area contributed by atoms with Crippen LogP contribution in [0.15, 0.2) is 29.2 Å². The lowest BCUT2D eigenvalue weighted by atomic mass is 10.2. The summed E-state index contributed by atoms with van der Waals surface area (Å²) in [5.74, 6) is 0.284. The number of hydrogen-bond acceptors (Lipinski definition) is 3. The maximum absolute atomic E-state index is 12.3. The Hall–Kier alpha value is -1.16. The molecule has 1 saturated heterocycles. The van der Waals surface area contributed by atoms with E-state index in [2.05, 4.69) is 36.1 Å². The van der Waals surface area contributed by atoms with Crippen LogP contribution in [0.5, 0.6) is 0 Å². The summed E-state index contributed by atoms with van der Waals surface area (Å²) in [6, 6.07) is 8.42. The SMILES string of the molecule is CC1CN(CC(=O)N2CCCC2)c2ccccc2S1. The molecule has 0 radical (unpaired) electrons. The number of amides is 1. The smallest absolute Gasteiger partial charge is 0.242 e. The van der Waals surface area contributed by atoms with Crippen molar-refractivity contribution < 1.29 is 4.79 Å². The molecule has 3 rings (SSSR count). The Morgan fingerprint density at radius 1 is 1.32 bits per heavy atom. The molecule has 102 valence electrons. The van der Waals surface area contributed by atoms with Gasteiger partial charge in [-0.25, -0.2) is 0 Å². The minimum atomic E-state index is 0.284. The van der Waals surface area contributed by atoms with Crippen molar-refractivity contribution in [3.8, 4) is 0 Å². The number of carbonyl (C=O) groups excluding carboxylic acids is 1. The lowest BCUT2D eigenvalue weighted by Crippen LogP contribution is -2.42. The van der Waals surface area contributed by atoms with Crippen LogP contribution in [-0.2, 0) is 4.79 Å². The van der Waals surface area contributed by atoms with Gasteiger partial charge in [-0.2, -0.15) is 0 Å². The van der Waals surface area contributed by atoms with E-state index in [1.165, 1.54) is 10.6 Å². The zero-order valence-corrected chi connectivity index (χ0v) is 12.2. The first-order valence-electron chi connectivity index (χ1n) is 7.02. The van der Waals surface area contributed by atoms with E-state index in [0.29, 0.717) is 11.8 Å². The van der Waals surface area contributed by atoms with Gasteiger partial charge in [0.25, 0.3) is 0 Å². The third-order valence-corrected chi connectivity index (χ3v) is 4.95. The van der Waals surface area contributed by atoms with Gasteiger partial charge in [-0.05, 0) is 25.0 Å². The minimum Gasteiger partial charge on any atom is -0.360 e. The first-order chi connectivity index (χ1) is 9.24. The fourth-order valence-corrected chi connectivity index (χ4v) is 4.02. The van der Waals surface area contributed by atoms with Crippen LogP contribution in [0.3, 0.4) is 0 Å². The maximum Gasteiger partial charge on any atom is 0.242 e. The second-order valence-electron chi connectivity index (χ2n) is 5.36. The zero-order chi connectivity index (χ0) is 13.2. The van der Waals surface area contributed by atoms with Crippen molar-refractivity contribution >= 4 is 23.4 Å². The summed E-state index contributed by atoms with van der Waals surface area (Å²) >= 11 is 1.91. The number of anilines is 1. The summed E-state index contributed by atoms with van der Waals surface area (Å²) in [4.78, 5) is 17.9. The van der Waals surface area contributed by atoms with E-state index >= 15 is 0 Å². The van der Waals surface area contributed by atoms with Gasteiger partial charge in [-0.3, -0.25) is 4.79 Å². The van der Waals surface area contributed by atoms with Crippen LogP contribution in [0.1, 0.15) is 19.8 Å². The molecule has 1 aromatic rings. The Bertz CT molecular complexity index is 471. The first-order valence-corrected chi connectivity index (χ1v) is 7.90. The normalized spacial score (nSPS) is 22.5. The number of para-hydroxylation sites is 1. The van der Waals surface area contributed by atoms with Gasteiger partial charge in [-0.1, -0.05) is 19.1 Å². The third kappa shape index (κ3) is 2.73. The fraction of sp³-hybridized carbons (Fsp3) is 0.533. The summed E-state index contributed by atoms with van der Waals surface area (Å²) in [5, 5.41) is 0.543. The van der Waals surface area contributed by atoms with E-state index in [0.717, 1.165) is 32.5 Å². The van der Waals surface area contributed by atoms with Crippen LogP contribution in [0.25, 0.3) is 0 Å². The molecule has 0 aliphatic carbocycles. The van der Waals surface area contributed by atoms with E-state index in [1.807, 2.05) is 16.7 Å². The summed E-state index contributed by atoms with van der Waals surface area (Å²) in [7, 11) is 0. The predicted octanol–water partition coefficient (Wildman–Crippen LogP) is 2.61. The largest absolute Gasteiger partial charge is 0.360 e. The number of likely N-dealkylation sites (tertiary alicyclic amines) is 1. The number of nitrogens with zero attached hydrogens (tertiary/aromatic N) is 2. The van der Waals surface area contributed by atoms with Crippen molar-refractivity contribution in [2.45, 2.75) is 29.9 Å². The minimum absolute atomic E-state index is 0.284. The summed E-state index contributed by atoms with van der Waals surface area (Å²) < 4.78 is 0. The van der Waals surface area contributed by atoms with Gasteiger partial charge < -0.3 is 9.80 Å². The van der Waals surface area contributed by atoms with Crippen molar-refractivity contribution in [1.29, 1.82) is 0 Å². The standard InChI is InChI=1S/C15H20N2OS/c1-12-10-17(11-15(18)16-8-4-5-9-16)13-6-2-3-7-14(13)19-12/h2-3,6-7,12H,4-5,8-11H2,1H3. The molecule has 0 aromatic heterocycles. The van der Waals surface area contributed by atoms with Gasteiger partial charge in [0.1, 0.15) is 0 Å². The van der Waals surface area contributed by atoms with Crippen molar-refractivity contribution in [2.75, 3.05) is 31.1 Å². The van der Waals surface area contributed by atoms with Crippen LogP contribution in [0.4, 0.5) is 5.69 Å².